The highest BCUT2D eigenvalue weighted by Gasteiger charge is 2.23. The number of rotatable bonds is 5. The average Bonchev–Trinajstić information content (AvgIpc) is 2.28. The number of amides is 2. The van der Waals surface area contributed by atoms with Gasteiger partial charge in [-0.1, -0.05) is 0 Å². The fraction of sp³-hybridized carbons (Fsp3) is 0.300. The second-order valence-corrected chi connectivity index (χ2v) is 3.58. The van der Waals surface area contributed by atoms with Crippen LogP contribution in [-0.2, 0) is 9.59 Å². The van der Waals surface area contributed by atoms with Crippen molar-refractivity contribution in [2.75, 3.05) is 0 Å². The topological polar surface area (TPSA) is 135 Å². The minimum Gasteiger partial charge on any atom is -0.480 e. The number of carbonyl (C=O) groups is 3. The Hall–Kier alpha value is -2.51. The number of nitrogens with two attached hydrogens (primary N) is 1. The van der Waals surface area contributed by atoms with Crippen LogP contribution in [0, 0.1) is 6.92 Å². The summed E-state index contributed by atoms with van der Waals surface area (Å²) in [5.74, 6) is -2.89. The first-order valence-electron chi connectivity index (χ1n) is 5.00. The molecule has 1 aromatic rings. The van der Waals surface area contributed by atoms with E-state index in [0.717, 1.165) is 0 Å². The molecule has 0 radical (unpaired) electrons. The van der Waals surface area contributed by atoms with Crippen molar-refractivity contribution in [1.29, 1.82) is 0 Å². The molecule has 0 aliphatic carbocycles. The molecule has 8 heteroatoms. The van der Waals surface area contributed by atoms with Gasteiger partial charge < -0.3 is 16.2 Å². The van der Waals surface area contributed by atoms with Crippen molar-refractivity contribution in [1.82, 2.24) is 15.3 Å². The third-order valence-corrected chi connectivity index (χ3v) is 2.02. The van der Waals surface area contributed by atoms with E-state index >= 15 is 0 Å². The van der Waals surface area contributed by atoms with Gasteiger partial charge in [0, 0.05) is 6.20 Å². The summed E-state index contributed by atoms with van der Waals surface area (Å²) in [4.78, 5) is 40.7. The molecule has 1 heterocycles. The predicted molar refractivity (Wildman–Crippen MR) is 59.5 cm³/mol. The molecule has 1 rings (SSSR count). The third kappa shape index (κ3) is 3.81. The molecule has 0 fully saturated rings. The molecule has 1 aromatic heterocycles. The Balaban J connectivity index is 2.75. The average molecular weight is 252 g/mol. The van der Waals surface area contributed by atoms with Crippen LogP contribution in [0.5, 0.6) is 0 Å². The number of carboxylic acid groups (broad SMARTS) is 1. The second-order valence-electron chi connectivity index (χ2n) is 3.58. The minimum atomic E-state index is -1.38. The lowest BCUT2D eigenvalue weighted by Crippen LogP contribution is -2.43. The van der Waals surface area contributed by atoms with Crippen LogP contribution < -0.4 is 11.1 Å². The standard InChI is InChI=1S/C10H12N4O4/c1-5-3-13-7(4-12-5)9(16)14-6(10(17)18)2-8(11)15/h3-4,6H,2H2,1H3,(H2,11,15)(H,14,16)(H,17,18). The molecule has 0 saturated carbocycles. The van der Waals surface area contributed by atoms with E-state index in [1.54, 1.807) is 6.92 Å². The highest BCUT2D eigenvalue weighted by Crippen LogP contribution is 1.98. The number of carboxylic acids is 1. The minimum absolute atomic E-state index is 0.0312. The van der Waals surface area contributed by atoms with Gasteiger partial charge in [-0.2, -0.15) is 0 Å². The number of nitrogens with one attached hydrogen (secondary N) is 1. The summed E-state index contributed by atoms with van der Waals surface area (Å²) in [7, 11) is 0. The molecule has 0 aliphatic heterocycles. The Morgan fingerprint density at radius 2 is 2.06 bits per heavy atom. The van der Waals surface area contributed by atoms with Crippen LogP contribution in [0.1, 0.15) is 22.6 Å². The zero-order valence-electron chi connectivity index (χ0n) is 9.58. The van der Waals surface area contributed by atoms with Crippen LogP contribution in [0.2, 0.25) is 0 Å². The maximum absolute atomic E-state index is 11.6. The molecule has 4 N–H and O–H groups in total. The van der Waals surface area contributed by atoms with Crippen molar-refractivity contribution < 1.29 is 19.5 Å². The van der Waals surface area contributed by atoms with E-state index in [9.17, 15) is 14.4 Å². The van der Waals surface area contributed by atoms with E-state index in [-0.39, 0.29) is 5.69 Å². The van der Waals surface area contributed by atoms with Gasteiger partial charge >= 0.3 is 5.97 Å². The van der Waals surface area contributed by atoms with E-state index in [1.807, 2.05) is 0 Å². The quantitative estimate of drug-likeness (QED) is 0.605. The van der Waals surface area contributed by atoms with Crippen LogP contribution in [0.25, 0.3) is 0 Å². The summed E-state index contributed by atoms with van der Waals surface area (Å²) in [6.45, 7) is 1.70. The first-order valence-corrected chi connectivity index (χ1v) is 5.00. The van der Waals surface area contributed by atoms with Gasteiger partial charge in [0.2, 0.25) is 5.91 Å². The number of carbonyl (C=O) groups excluding carboxylic acids is 2. The molecule has 1 atom stereocenters. The summed E-state index contributed by atoms with van der Waals surface area (Å²) >= 11 is 0. The SMILES string of the molecule is Cc1cnc(C(=O)NC(CC(N)=O)C(=O)O)cn1. The van der Waals surface area contributed by atoms with Gasteiger partial charge in [-0.3, -0.25) is 14.6 Å². The van der Waals surface area contributed by atoms with Crippen LogP contribution in [-0.4, -0.2) is 38.9 Å². The molecule has 2 amide bonds. The van der Waals surface area contributed by atoms with Crippen LogP contribution in [0.4, 0.5) is 0 Å². The molecule has 96 valence electrons. The number of hydrogen-bond donors (Lipinski definition) is 3. The van der Waals surface area contributed by atoms with Gasteiger partial charge in [-0.25, -0.2) is 9.78 Å². The van der Waals surface area contributed by atoms with Gasteiger partial charge in [-0.15, -0.1) is 0 Å². The first-order chi connectivity index (χ1) is 8.40. The van der Waals surface area contributed by atoms with E-state index in [4.69, 9.17) is 10.8 Å². The van der Waals surface area contributed by atoms with Gasteiger partial charge in [0.15, 0.2) is 0 Å². The molecule has 8 nitrogen and oxygen atoms in total. The number of aromatic nitrogens is 2. The number of aliphatic carboxylic acids is 1. The Kier molecular flexibility index (Phi) is 4.30. The van der Waals surface area contributed by atoms with Crippen molar-refractivity contribution in [3.63, 3.8) is 0 Å². The van der Waals surface area contributed by atoms with Crippen molar-refractivity contribution in [2.24, 2.45) is 5.73 Å². The Morgan fingerprint density at radius 3 is 2.50 bits per heavy atom. The summed E-state index contributed by atoms with van der Waals surface area (Å²) in [6.07, 6.45) is 2.10. The summed E-state index contributed by atoms with van der Waals surface area (Å²) in [5.41, 5.74) is 5.48. The molecule has 0 saturated heterocycles. The molecule has 0 spiro atoms. The second kappa shape index (κ2) is 5.71. The van der Waals surface area contributed by atoms with Crippen molar-refractivity contribution in [3.8, 4) is 0 Å². The number of aryl methyl sites for hydroxylation is 1. The van der Waals surface area contributed by atoms with E-state index in [1.165, 1.54) is 12.4 Å². The van der Waals surface area contributed by atoms with Gasteiger partial charge in [0.1, 0.15) is 11.7 Å². The van der Waals surface area contributed by atoms with Gasteiger partial charge in [0.25, 0.3) is 5.91 Å². The van der Waals surface area contributed by atoms with Crippen LogP contribution in [0.3, 0.4) is 0 Å². The van der Waals surface area contributed by atoms with Crippen LogP contribution >= 0.6 is 0 Å². The summed E-state index contributed by atoms with van der Waals surface area (Å²) in [5, 5.41) is 10.9. The van der Waals surface area contributed by atoms with E-state index in [2.05, 4.69) is 15.3 Å². The lowest BCUT2D eigenvalue weighted by atomic mass is 10.2. The maximum atomic E-state index is 11.6. The predicted octanol–water partition coefficient (Wildman–Crippen LogP) is -1.16. The number of hydrogen-bond acceptors (Lipinski definition) is 5. The lowest BCUT2D eigenvalue weighted by molar-refractivity contribution is -0.140. The monoisotopic (exact) mass is 252 g/mol. The number of nitrogens with zero attached hydrogens (tertiary/aromatic N) is 2. The van der Waals surface area contributed by atoms with Crippen molar-refractivity contribution >= 4 is 17.8 Å². The molecule has 18 heavy (non-hydrogen) atoms. The van der Waals surface area contributed by atoms with E-state index in [0.29, 0.717) is 5.69 Å². The van der Waals surface area contributed by atoms with Crippen molar-refractivity contribution in [3.05, 3.63) is 23.8 Å². The molecule has 0 aliphatic rings. The van der Waals surface area contributed by atoms with E-state index < -0.39 is 30.2 Å². The largest absolute Gasteiger partial charge is 0.480 e. The highest BCUT2D eigenvalue weighted by molar-refractivity contribution is 5.95. The molecular formula is C10H12N4O4. The van der Waals surface area contributed by atoms with Gasteiger partial charge in [0.05, 0.1) is 18.3 Å². The first kappa shape index (κ1) is 13.6. The zero-order chi connectivity index (χ0) is 13.7. The fourth-order valence-electron chi connectivity index (χ4n) is 1.14. The Labute approximate surface area is 102 Å². The Bertz CT molecular complexity index is 471. The normalized spacial score (nSPS) is 11.6. The summed E-state index contributed by atoms with van der Waals surface area (Å²) < 4.78 is 0. The summed E-state index contributed by atoms with van der Waals surface area (Å²) in [6, 6.07) is -1.38. The van der Waals surface area contributed by atoms with Gasteiger partial charge in [-0.05, 0) is 6.92 Å². The zero-order valence-corrected chi connectivity index (χ0v) is 9.58. The third-order valence-electron chi connectivity index (χ3n) is 2.02. The van der Waals surface area contributed by atoms with Crippen molar-refractivity contribution in [2.45, 2.75) is 19.4 Å². The highest BCUT2D eigenvalue weighted by atomic mass is 16.4. The molecular weight excluding hydrogens is 240 g/mol. The molecule has 0 aromatic carbocycles. The number of primary amides is 1. The maximum Gasteiger partial charge on any atom is 0.326 e. The smallest absolute Gasteiger partial charge is 0.326 e. The fourth-order valence-corrected chi connectivity index (χ4v) is 1.14. The molecule has 0 bridgehead atoms. The van der Waals surface area contributed by atoms with Crippen LogP contribution in [0.15, 0.2) is 12.4 Å². The molecule has 1 unspecified atom stereocenters. The lowest BCUT2D eigenvalue weighted by Gasteiger charge is -2.12. The Morgan fingerprint density at radius 1 is 1.39 bits per heavy atom.